The van der Waals surface area contributed by atoms with Crippen molar-refractivity contribution >= 4 is 28.6 Å². The Kier molecular flexibility index (Phi) is 4.24. The van der Waals surface area contributed by atoms with Crippen LogP contribution in [0.3, 0.4) is 0 Å². The number of fused-ring (bicyclic) bond motifs is 1. The third-order valence-corrected chi connectivity index (χ3v) is 3.88. The van der Waals surface area contributed by atoms with Crippen LogP contribution in [0.1, 0.15) is 31.4 Å². The van der Waals surface area contributed by atoms with Gasteiger partial charge in [0.05, 0.1) is 0 Å². The summed E-state index contributed by atoms with van der Waals surface area (Å²) in [6, 6.07) is 5.10. The van der Waals surface area contributed by atoms with Gasteiger partial charge in [-0.2, -0.15) is 0 Å². The molecule has 7 heteroatoms. The Bertz CT molecular complexity index is 853. The summed E-state index contributed by atoms with van der Waals surface area (Å²) < 4.78 is 15.2. The number of aryl methyl sites for hydroxylation is 1. The number of hydrogen-bond acceptors (Lipinski definition) is 7. The topological polar surface area (TPSA) is 94.8 Å². The molecule has 1 fully saturated rings. The minimum Gasteiger partial charge on any atom is -0.423 e. The predicted octanol–water partition coefficient (Wildman–Crippen LogP) is 2.10. The SMILES string of the molecule is CCc1c(CC)c2cc(NC3OC(=O)CC(=O)O3)ccc2oc1=O. The highest BCUT2D eigenvalue weighted by molar-refractivity contribution is 5.93. The van der Waals surface area contributed by atoms with Crippen molar-refractivity contribution in [1.29, 1.82) is 0 Å². The van der Waals surface area contributed by atoms with Gasteiger partial charge in [0.25, 0.3) is 0 Å². The quantitative estimate of drug-likeness (QED) is 0.521. The lowest BCUT2D eigenvalue weighted by Crippen LogP contribution is -2.37. The van der Waals surface area contributed by atoms with Crippen molar-refractivity contribution in [2.45, 2.75) is 39.5 Å². The van der Waals surface area contributed by atoms with Gasteiger partial charge in [-0.05, 0) is 36.6 Å². The lowest BCUT2D eigenvalue weighted by molar-refractivity contribution is -0.197. The average Bonchev–Trinajstić information content (AvgIpc) is 2.53. The fraction of sp³-hybridized carbons (Fsp3) is 0.353. The number of anilines is 1. The van der Waals surface area contributed by atoms with Crippen LogP contribution in [0.15, 0.2) is 27.4 Å². The van der Waals surface area contributed by atoms with Crippen molar-refractivity contribution in [2.75, 3.05) is 5.32 Å². The molecule has 3 rings (SSSR count). The summed E-state index contributed by atoms with van der Waals surface area (Å²) in [6.45, 7) is 3.87. The number of rotatable bonds is 4. The van der Waals surface area contributed by atoms with Gasteiger partial charge in [0, 0.05) is 16.6 Å². The molecule has 1 aliphatic heterocycles. The summed E-state index contributed by atoms with van der Waals surface area (Å²) in [4.78, 5) is 34.6. The number of benzene rings is 1. The fourth-order valence-corrected chi connectivity index (χ4v) is 2.81. The van der Waals surface area contributed by atoms with Crippen LogP contribution in [0.25, 0.3) is 11.0 Å². The molecule has 1 aliphatic rings. The molecular weight excluding hydrogens is 314 g/mol. The van der Waals surface area contributed by atoms with Crippen molar-refractivity contribution in [2.24, 2.45) is 0 Å². The van der Waals surface area contributed by atoms with Gasteiger partial charge in [0.2, 0.25) is 0 Å². The summed E-state index contributed by atoms with van der Waals surface area (Å²) in [5.41, 5.74) is 2.32. The third kappa shape index (κ3) is 2.97. The first-order valence-electron chi connectivity index (χ1n) is 7.76. The fourth-order valence-electron chi connectivity index (χ4n) is 2.81. The number of carbonyl (C=O) groups is 2. The Labute approximate surface area is 137 Å². The van der Waals surface area contributed by atoms with E-state index in [1.165, 1.54) is 0 Å². The van der Waals surface area contributed by atoms with Crippen molar-refractivity contribution in [3.05, 3.63) is 39.7 Å². The Morgan fingerprint density at radius 1 is 1.04 bits per heavy atom. The number of carbonyl (C=O) groups excluding carboxylic acids is 2. The van der Waals surface area contributed by atoms with Gasteiger partial charge in [-0.3, -0.25) is 9.59 Å². The lowest BCUT2D eigenvalue weighted by Gasteiger charge is -2.23. The van der Waals surface area contributed by atoms with Gasteiger partial charge < -0.3 is 19.2 Å². The largest absolute Gasteiger partial charge is 0.423 e. The van der Waals surface area contributed by atoms with Crippen LogP contribution in [0.2, 0.25) is 0 Å². The van der Waals surface area contributed by atoms with Crippen molar-refractivity contribution < 1.29 is 23.5 Å². The molecule has 0 saturated carbocycles. The second-order valence-electron chi connectivity index (χ2n) is 5.40. The molecule has 1 N–H and O–H groups in total. The molecule has 1 aromatic carbocycles. The van der Waals surface area contributed by atoms with Crippen LogP contribution in [0, 0.1) is 0 Å². The standard InChI is InChI=1S/C17H17NO6/c1-3-10-11(4-2)16(21)22-13-6-5-9(7-12(10)13)18-17-23-14(19)8-15(20)24-17/h5-7,17-18H,3-4,8H2,1-2H3. The van der Waals surface area contributed by atoms with Crippen LogP contribution in [0.4, 0.5) is 5.69 Å². The van der Waals surface area contributed by atoms with E-state index in [1.54, 1.807) is 18.2 Å². The van der Waals surface area contributed by atoms with Crippen molar-refractivity contribution in [3.63, 3.8) is 0 Å². The predicted molar refractivity (Wildman–Crippen MR) is 85.5 cm³/mol. The summed E-state index contributed by atoms with van der Waals surface area (Å²) >= 11 is 0. The molecule has 0 unspecified atom stereocenters. The van der Waals surface area contributed by atoms with E-state index in [2.05, 4.69) is 5.32 Å². The number of esters is 2. The van der Waals surface area contributed by atoms with Gasteiger partial charge in [-0.1, -0.05) is 13.8 Å². The molecule has 2 heterocycles. The highest BCUT2D eigenvalue weighted by Gasteiger charge is 2.27. The van der Waals surface area contributed by atoms with Crippen LogP contribution in [-0.4, -0.2) is 18.4 Å². The number of nitrogens with one attached hydrogen (secondary N) is 1. The first-order valence-corrected chi connectivity index (χ1v) is 7.76. The molecule has 0 spiro atoms. The Hall–Kier alpha value is -2.83. The molecule has 7 nitrogen and oxygen atoms in total. The van der Waals surface area contributed by atoms with Crippen LogP contribution in [-0.2, 0) is 31.9 Å². The molecule has 0 atom stereocenters. The van der Waals surface area contributed by atoms with Crippen molar-refractivity contribution in [3.8, 4) is 0 Å². The Balaban J connectivity index is 1.98. The molecule has 0 bridgehead atoms. The minimum absolute atomic E-state index is 0.322. The monoisotopic (exact) mass is 331 g/mol. The van der Waals surface area contributed by atoms with Crippen LogP contribution in [0.5, 0.6) is 0 Å². The summed E-state index contributed by atoms with van der Waals surface area (Å²) in [6.07, 6.45) is -0.289. The van der Waals surface area contributed by atoms with Crippen molar-refractivity contribution in [1.82, 2.24) is 0 Å². The molecule has 1 saturated heterocycles. The maximum atomic E-state index is 12.0. The van der Waals surface area contributed by atoms with E-state index in [0.29, 0.717) is 29.7 Å². The number of hydrogen-bond donors (Lipinski definition) is 1. The van der Waals surface area contributed by atoms with Gasteiger partial charge in [-0.15, -0.1) is 0 Å². The molecule has 126 valence electrons. The van der Waals surface area contributed by atoms with E-state index in [-0.39, 0.29) is 12.0 Å². The summed E-state index contributed by atoms with van der Waals surface area (Å²) in [5, 5.41) is 3.63. The van der Waals surface area contributed by atoms with Gasteiger partial charge >= 0.3 is 24.0 Å². The zero-order chi connectivity index (χ0) is 17.3. The Morgan fingerprint density at radius 2 is 1.71 bits per heavy atom. The first-order chi connectivity index (χ1) is 11.5. The second kappa shape index (κ2) is 6.35. The maximum absolute atomic E-state index is 12.0. The van der Waals surface area contributed by atoms with E-state index in [0.717, 1.165) is 10.9 Å². The molecule has 0 radical (unpaired) electrons. The average molecular weight is 331 g/mol. The second-order valence-corrected chi connectivity index (χ2v) is 5.40. The molecule has 24 heavy (non-hydrogen) atoms. The molecule has 0 amide bonds. The first kappa shape index (κ1) is 16.0. The van der Waals surface area contributed by atoms with Crippen LogP contribution < -0.4 is 10.9 Å². The van der Waals surface area contributed by atoms with E-state index < -0.39 is 18.4 Å². The molecule has 1 aromatic heterocycles. The maximum Gasteiger partial charge on any atom is 0.339 e. The highest BCUT2D eigenvalue weighted by atomic mass is 16.7. The number of ether oxygens (including phenoxy) is 2. The van der Waals surface area contributed by atoms with E-state index in [9.17, 15) is 14.4 Å². The summed E-state index contributed by atoms with van der Waals surface area (Å²) in [7, 11) is 0. The van der Waals surface area contributed by atoms with Gasteiger partial charge in [-0.25, -0.2) is 4.79 Å². The highest BCUT2D eigenvalue weighted by Crippen LogP contribution is 2.25. The van der Waals surface area contributed by atoms with E-state index in [1.807, 2.05) is 13.8 Å². The lowest BCUT2D eigenvalue weighted by atomic mass is 10.0. The molecule has 2 aromatic rings. The molecular formula is C17H17NO6. The third-order valence-electron chi connectivity index (χ3n) is 3.88. The smallest absolute Gasteiger partial charge is 0.339 e. The Morgan fingerprint density at radius 3 is 2.33 bits per heavy atom. The van der Waals surface area contributed by atoms with E-state index in [4.69, 9.17) is 13.9 Å². The van der Waals surface area contributed by atoms with E-state index >= 15 is 0 Å². The molecule has 0 aliphatic carbocycles. The zero-order valence-corrected chi connectivity index (χ0v) is 13.4. The number of cyclic esters (lactones) is 2. The minimum atomic E-state index is -1.16. The van der Waals surface area contributed by atoms with Crippen LogP contribution >= 0.6 is 0 Å². The summed E-state index contributed by atoms with van der Waals surface area (Å²) in [5.74, 6) is -1.28. The van der Waals surface area contributed by atoms with Gasteiger partial charge in [0.1, 0.15) is 12.0 Å². The zero-order valence-electron chi connectivity index (χ0n) is 13.4. The van der Waals surface area contributed by atoms with Gasteiger partial charge in [0.15, 0.2) is 0 Å². The normalized spacial score (nSPS) is 15.2.